The monoisotopic (exact) mass is 252 g/mol. The van der Waals surface area contributed by atoms with Gasteiger partial charge in [-0.05, 0) is 6.42 Å². The Kier molecular flexibility index (Phi) is 2.07. The van der Waals surface area contributed by atoms with Crippen LogP contribution in [0.15, 0.2) is 42.0 Å². The highest BCUT2D eigenvalue weighted by Gasteiger charge is 2.41. The van der Waals surface area contributed by atoms with Crippen molar-refractivity contribution in [3.63, 3.8) is 0 Å². The predicted molar refractivity (Wildman–Crippen MR) is 69.4 cm³/mol. The molecule has 19 heavy (non-hydrogen) atoms. The van der Waals surface area contributed by atoms with Crippen molar-refractivity contribution in [3.05, 3.63) is 53.1 Å². The highest BCUT2D eigenvalue weighted by Crippen LogP contribution is 2.42. The fourth-order valence-electron chi connectivity index (χ4n) is 3.13. The van der Waals surface area contributed by atoms with E-state index in [1.54, 1.807) is 12.1 Å². The fourth-order valence-corrected chi connectivity index (χ4v) is 3.13. The lowest BCUT2D eigenvalue weighted by Gasteiger charge is -2.33. The van der Waals surface area contributed by atoms with E-state index in [0.29, 0.717) is 23.3 Å². The van der Waals surface area contributed by atoms with E-state index in [1.807, 2.05) is 12.1 Å². The summed E-state index contributed by atoms with van der Waals surface area (Å²) in [6.45, 7) is 0. The Labute approximate surface area is 110 Å². The third-order valence-electron chi connectivity index (χ3n) is 4.11. The van der Waals surface area contributed by atoms with E-state index in [9.17, 15) is 9.59 Å². The van der Waals surface area contributed by atoms with Gasteiger partial charge in [-0.25, -0.2) is 0 Å². The van der Waals surface area contributed by atoms with E-state index in [1.165, 1.54) is 0 Å². The van der Waals surface area contributed by atoms with Crippen molar-refractivity contribution in [3.8, 4) is 0 Å². The Balaban J connectivity index is 1.90. The van der Waals surface area contributed by atoms with Gasteiger partial charge < -0.3 is 4.74 Å². The maximum atomic E-state index is 12.2. The normalized spacial score (nSPS) is 27.8. The van der Waals surface area contributed by atoms with Crippen LogP contribution in [0.3, 0.4) is 0 Å². The molecule has 0 saturated heterocycles. The maximum absolute atomic E-state index is 12.2. The smallest absolute Gasteiger partial charge is 0.234 e. The zero-order valence-electron chi connectivity index (χ0n) is 10.3. The molecule has 0 radical (unpaired) electrons. The second kappa shape index (κ2) is 3.67. The number of carbonyl (C=O) groups excluding carboxylic acids is 2. The Hall–Kier alpha value is -2.16. The van der Waals surface area contributed by atoms with E-state index in [0.717, 1.165) is 12.0 Å². The van der Waals surface area contributed by atoms with E-state index in [-0.39, 0.29) is 12.0 Å². The molecule has 2 atom stereocenters. The van der Waals surface area contributed by atoms with Crippen LogP contribution in [0, 0.1) is 5.92 Å². The van der Waals surface area contributed by atoms with Crippen LogP contribution in [0.2, 0.25) is 0 Å². The van der Waals surface area contributed by atoms with Crippen molar-refractivity contribution >= 4 is 17.3 Å². The first-order chi connectivity index (χ1) is 9.25. The number of carbonyl (C=O) groups is 2. The van der Waals surface area contributed by atoms with Gasteiger partial charge in [0.25, 0.3) is 0 Å². The van der Waals surface area contributed by atoms with Gasteiger partial charge in [0.15, 0.2) is 0 Å². The highest BCUT2D eigenvalue weighted by molar-refractivity contribution is 6.52. The van der Waals surface area contributed by atoms with E-state index >= 15 is 0 Å². The van der Waals surface area contributed by atoms with Gasteiger partial charge in [0.2, 0.25) is 11.6 Å². The highest BCUT2D eigenvalue weighted by atomic mass is 16.5. The van der Waals surface area contributed by atoms with Crippen molar-refractivity contribution in [1.82, 2.24) is 0 Å². The average Bonchev–Trinajstić information content (AvgIpc) is 2.90. The second-order valence-corrected chi connectivity index (χ2v) is 5.20. The number of rotatable bonds is 0. The molecular weight excluding hydrogens is 240 g/mol. The van der Waals surface area contributed by atoms with Crippen LogP contribution in [0.5, 0.6) is 0 Å². The van der Waals surface area contributed by atoms with Gasteiger partial charge in [0.1, 0.15) is 11.9 Å². The van der Waals surface area contributed by atoms with Gasteiger partial charge in [-0.1, -0.05) is 36.4 Å². The van der Waals surface area contributed by atoms with Gasteiger partial charge in [-0.2, -0.15) is 0 Å². The molecule has 1 aromatic rings. The molecule has 94 valence electrons. The number of allylic oxidation sites excluding steroid dienone is 1. The minimum Gasteiger partial charge on any atom is -0.488 e. The van der Waals surface area contributed by atoms with Crippen LogP contribution < -0.4 is 0 Å². The molecule has 2 aliphatic carbocycles. The van der Waals surface area contributed by atoms with E-state index in [2.05, 4.69) is 12.2 Å². The van der Waals surface area contributed by atoms with Gasteiger partial charge in [0, 0.05) is 29.0 Å². The maximum Gasteiger partial charge on any atom is 0.234 e. The summed E-state index contributed by atoms with van der Waals surface area (Å²) < 4.78 is 6.00. The van der Waals surface area contributed by atoms with Crippen LogP contribution in [0.25, 0.3) is 5.76 Å². The quantitative estimate of drug-likeness (QED) is 0.526. The minimum atomic E-state index is -0.404. The molecule has 0 spiro atoms. The predicted octanol–water partition coefficient (Wildman–Crippen LogP) is 2.53. The van der Waals surface area contributed by atoms with Gasteiger partial charge in [-0.3, -0.25) is 9.59 Å². The summed E-state index contributed by atoms with van der Waals surface area (Å²) in [5.74, 6) is 0.0664. The van der Waals surface area contributed by atoms with Crippen molar-refractivity contribution < 1.29 is 14.3 Å². The molecular formula is C16H12O3. The first-order valence-electron chi connectivity index (χ1n) is 6.50. The van der Waals surface area contributed by atoms with Crippen LogP contribution in [-0.4, -0.2) is 17.7 Å². The summed E-state index contributed by atoms with van der Waals surface area (Å²) >= 11 is 0. The number of Topliss-reactive ketones (excluding diaryl/α,β-unsaturated/α-hetero) is 2. The van der Waals surface area contributed by atoms with Crippen molar-refractivity contribution in [1.29, 1.82) is 0 Å². The van der Waals surface area contributed by atoms with Crippen molar-refractivity contribution in [2.45, 2.75) is 18.9 Å². The number of benzene rings is 1. The first-order valence-corrected chi connectivity index (χ1v) is 6.50. The molecule has 1 aliphatic heterocycles. The fraction of sp³-hybridized carbons (Fsp3) is 0.250. The third kappa shape index (κ3) is 1.38. The third-order valence-corrected chi connectivity index (χ3v) is 4.11. The zero-order chi connectivity index (χ0) is 13.0. The molecule has 0 saturated carbocycles. The van der Waals surface area contributed by atoms with Crippen molar-refractivity contribution in [2.75, 3.05) is 0 Å². The summed E-state index contributed by atoms with van der Waals surface area (Å²) in [6, 6.07) is 7.20. The minimum absolute atomic E-state index is 0.118. The van der Waals surface area contributed by atoms with Crippen LogP contribution in [0.1, 0.15) is 28.8 Å². The molecule has 4 rings (SSSR count). The summed E-state index contributed by atoms with van der Waals surface area (Å²) in [4.78, 5) is 24.3. The van der Waals surface area contributed by atoms with Crippen LogP contribution in [0.4, 0.5) is 0 Å². The number of fused-ring (bicyclic) bond motifs is 3. The molecule has 1 aromatic carbocycles. The lowest BCUT2D eigenvalue weighted by molar-refractivity contribution is -0.112. The molecule has 0 amide bonds. The summed E-state index contributed by atoms with van der Waals surface area (Å²) in [5.41, 5.74) is 1.79. The average molecular weight is 252 g/mol. The molecule has 3 heteroatoms. The number of hydrogen-bond donors (Lipinski definition) is 0. The van der Waals surface area contributed by atoms with Crippen LogP contribution >= 0.6 is 0 Å². The molecule has 0 fully saturated rings. The molecule has 3 nitrogen and oxygen atoms in total. The Morgan fingerprint density at radius 1 is 1.05 bits per heavy atom. The van der Waals surface area contributed by atoms with Crippen LogP contribution in [-0.2, 0) is 9.53 Å². The number of ketones is 2. The lowest BCUT2D eigenvalue weighted by atomic mass is 9.81. The van der Waals surface area contributed by atoms with E-state index < -0.39 is 11.6 Å². The van der Waals surface area contributed by atoms with Gasteiger partial charge in [-0.15, -0.1) is 0 Å². The molecule has 0 N–H and O–H groups in total. The summed E-state index contributed by atoms with van der Waals surface area (Å²) in [7, 11) is 0. The lowest BCUT2D eigenvalue weighted by Crippen LogP contribution is -2.33. The standard InChI is InChI=1S/C16H12O3/c17-14-10-5-1-2-6-11(10)16-12(15(14)18)8-9-4-3-7-13(9)19-16/h1-6,9,13H,7-8H2. The summed E-state index contributed by atoms with van der Waals surface area (Å²) in [5, 5.41) is 0. The zero-order valence-corrected chi connectivity index (χ0v) is 10.3. The second-order valence-electron chi connectivity index (χ2n) is 5.20. The molecule has 0 bridgehead atoms. The largest absolute Gasteiger partial charge is 0.488 e. The summed E-state index contributed by atoms with van der Waals surface area (Å²) in [6.07, 6.45) is 5.80. The number of ether oxygens (including phenoxy) is 1. The van der Waals surface area contributed by atoms with Crippen molar-refractivity contribution in [2.24, 2.45) is 5.92 Å². The van der Waals surface area contributed by atoms with Gasteiger partial charge in [0.05, 0.1) is 0 Å². The number of hydrogen-bond acceptors (Lipinski definition) is 3. The topological polar surface area (TPSA) is 43.4 Å². The Morgan fingerprint density at radius 2 is 1.84 bits per heavy atom. The molecule has 3 aliphatic rings. The molecule has 2 unspecified atom stereocenters. The Bertz CT molecular complexity index is 666. The first kappa shape index (κ1) is 10.7. The van der Waals surface area contributed by atoms with Gasteiger partial charge >= 0.3 is 0 Å². The Morgan fingerprint density at radius 3 is 2.68 bits per heavy atom. The van der Waals surface area contributed by atoms with E-state index in [4.69, 9.17) is 4.74 Å². The SMILES string of the molecule is O=C1C(=O)c2ccccc2C2=C1CC1C=CCC1O2. The molecule has 0 aromatic heterocycles. The molecule has 1 heterocycles.